The van der Waals surface area contributed by atoms with E-state index in [1.54, 1.807) is 6.08 Å². The number of amides is 1. The van der Waals surface area contributed by atoms with E-state index >= 15 is 0 Å². The molecule has 2 aromatic rings. The standard InChI is InChI=1S/C18H22N2O3/c1-5-11(2)17(18(22)23-4)20-16(21)10-14-12(3)19-15-9-7-6-8-13(14)15/h5-9,11,17,19H,1,10H2,2-4H3,(H,20,21). The van der Waals surface area contributed by atoms with E-state index in [9.17, 15) is 9.59 Å². The van der Waals surface area contributed by atoms with Gasteiger partial charge in [0.2, 0.25) is 5.91 Å². The molecule has 122 valence electrons. The van der Waals surface area contributed by atoms with Crippen molar-refractivity contribution in [3.8, 4) is 0 Å². The summed E-state index contributed by atoms with van der Waals surface area (Å²) in [6, 6.07) is 7.11. The molecule has 0 radical (unpaired) electrons. The summed E-state index contributed by atoms with van der Waals surface area (Å²) in [5.41, 5.74) is 2.89. The Morgan fingerprint density at radius 3 is 2.74 bits per heavy atom. The molecule has 2 rings (SSSR count). The molecule has 0 spiro atoms. The molecular weight excluding hydrogens is 292 g/mol. The highest BCUT2D eigenvalue weighted by Gasteiger charge is 2.26. The van der Waals surface area contributed by atoms with Gasteiger partial charge in [0.25, 0.3) is 0 Å². The Kier molecular flexibility index (Phi) is 5.21. The summed E-state index contributed by atoms with van der Waals surface area (Å²) < 4.78 is 4.76. The Labute approximate surface area is 135 Å². The number of aromatic amines is 1. The molecule has 23 heavy (non-hydrogen) atoms. The molecule has 1 heterocycles. The molecule has 0 aliphatic carbocycles. The number of rotatable bonds is 6. The number of aromatic nitrogens is 1. The highest BCUT2D eigenvalue weighted by Crippen LogP contribution is 2.22. The Morgan fingerprint density at radius 1 is 1.39 bits per heavy atom. The minimum Gasteiger partial charge on any atom is -0.467 e. The summed E-state index contributed by atoms with van der Waals surface area (Å²) >= 11 is 0. The molecule has 0 saturated carbocycles. The molecule has 2 N–H and O–H groups in total. The van der Waals surface area contributed by atoms with Gasteiger partial charge in [0.15, 0.2) is 0 Å². The minimum absolute atomic E-state index is 0.202. The summed E-state index contributed by atoms with van der Waals surface area (Å²) in [5.74, 6) is -0.904. The summed E-state index contributed by atoms with van der Waals surface area (Å²) in [5, 5.41) is 3.77. The lowest BCUT2D eigenvalue weighted by atomic mass is 10.0. The quantitative estimate of drug-likeness (QED) is 0.636. The van der Waals surface area contributed by atoms with Crippen LogP contribution in [0.1, 0.15) is 18.2 Å². The second-order valence-corrected chi connectivity index (χ2v) is 5.61. The van der Waals surface area contributed by atoms with Crippen LogP contribution >= 0.6 is 0 Å². The van der Waals surface area contributed by atoms with Gasteiger partial charge in [-0.15, -0.1) is 6.58 Å². The van der Waals surface area contributed by atoms with Gasteiger partial charge >= 0.3 is 5.97 Å². The van der Waals surface area contributed by atoms with E-state index < -0.39 is 12.0 Å². The average molecular weight is 314 g/mol. The molecule has 0 aliphatic rings. The number of methoxy groups -OCH3 is 1. The van der Waals surface area contributed by atoms with E-state index in [1.165, 1.54) is 7.11 Å². The SMILES string of the molecule is C=CC(C)C(NC(=O)Cc1c(C)[nH]c2ccccc12)C(=O)OC. The zero-order chi connectivity index (χ0) is 17.0. The van der Waals surface area contributed by atoms with Crippen molar-refractivity contribution in [3.05, 3.63) is 48.2 Å². The van der Waals surface area contributed by atoms with Gasteiger partial charge in [-0.3, -0.25) is 4.79 Å². The molecule has 0 aliphatic heterocycles. The summed E-state index contributed by atoms with van der Waals surface area (Å²) in [7, 11) is 1.31. The second kappa shape index (κ2) is 7.13. The molecule has 5 heteroatoms. The maximum absolute atomic E-state index is 12.4. The number of carbonyl (C=O) groups excluding carboxylic acids is 2. The van der Waals surface area contributed by atoms with Crippen LogP contribution in [-0.4, -0.2) is 30.0 Å². The predicted octanol–water partition coefficient (Wildman–Crippen LogP) is 2.50. The fraction of sp³-hybridized carbons (Fsp3) is 0.333. The topological polar surface area (TPSA) is 71.2 Å². The number of aryl methyl sites for hydroxylation is 1. The van der Waals surface area contributed by atoms with Crippen molar-refractivity contribution in [1.29, 1.82) is 0 Å². The van der Waals surface area contributed by atoms with Gasteiger partial charge in [-0.2, -0.15) is 0 Å². The molecule has 0 saturated heterocycles. The lowest BCUT2D eigenvalue weighted by Gasteiger charge is -2.20. The van der Waals surface area contributed by atoms with Gasteiger partial charge in [0, 0.05) is 22.5 Å². The fourth-order valence-corrected chi connectivity index (χ4v) is 2.62. The van der Waals surface area contributed by atoms with Gasteiger partial charge in [0.05, 0.1) is 13.5 Å². The predicted molar refractivity (Wildman–Crippen MR) is 90.0 cm³/mol. The van der Waals surface area contributed by atoms with Gasteiger partial charge in [-0.1, -0.05) is 31.2 Å². The van der Waals surface area contributed by atoms with Crippen molar-refractivity contribution in [2.24, 2.45) is 5.92 Å². The largest absolute Gasteiger partial charge is 0.467 e. The van der Waals surface area contributed by atoms with E-state index in [4.69, 9.17) is 4.74 Å². The van der Waals surface area contributed by atoms with Crippen LogP contribution in [-0.2, 0) is 20.7 Å². The third kappa shape index (κ3) is 3.62. The van der Waals surface area contributed by atoms with Crippen LogP contribution < -0.4 is 5.32 Å². The smallest absolute Gasteiger partial charge is 0.328 e. The Morgan fingerprint density at radius 2 is 2.09 bits per heavy atom. The maximum Gasteiger partial charge on any atom is 0.328 e. The van der Waals surface area contributed by atoms with E-state index in [-0.39, 0.29) is 18.2 Å². The number of benzene rings is 1. The highest BCUT2D eigenvalue weighted by molar-refractivity contribution is 5.91. The first-order valence-corrected chi connectivity index (χ1v) is 7.53. The number of hydrogen-bond acceptors (Lipinski definition) is 3. The van der Waals surface area contributed by atoms with E-state index in [1.807, 2.05) is 38.1 Å². The molecule has 0 fully saturated rings. The maximum atomic E-state index is 12.4. The summed E-state index contributed by atoms with van der Waals surface area (Å²) in [4.78, 5) is 27.5. The number of nitrogens with one attached hydrogen (secondary N) is 2. The monoisotopic (exact) mass is 314 g/mol. The van der Waals surface area contributed by atoms with Gasteiger partial charge in [-0.05, 0) is 18.6 Å². The van der Waals surface area contributed by atoms with Crippen LogP contribution in [0.5, 0.6) is 0 Å². The minimum atomic E-state index is -0.726. The van der Waals surface area contributed by atoms with Crippen molar-refractivity contribution in [2.45, 2.75) is 26.3 Å². The number of H-pyrrole nitrogens is 1. The lowest BCUT2D eigenvalue weighted by molar-refractivity contribution is -0.146. The van der Waals surface area contributed by atoms with Gasteiger partial charge in [0.1, 0.15) is 6.04 Å². The van der Waals surface area contributed by atoms with Crippen LogP contribution in [0.4, 0.5) is 0 Å². The molecule has 1 aromatic heterocycles. The van der Waals surface area contributed by atoms with Crippen LogP contribution in [0, 0.1) is 12.8 Å². The van der Waals surface area contributed by atoms with Crippen molar-refractivity contribution in [3.63, 3.8) is 0 Å². The Balaban J connectivity index is 2.18. The third-order valence-corrected chi connectivity index (χ3v) is 4.03. The van der Waals surface area contributed by atoms with Crippen LogP contribution in [0.25, 0.3) is 10.9 Å². The Hall–Kier alpha value is -2.56. The number of esters is 1. The first-order chi connectivity index (χ1) is 11.0. The van der Waals surface area contributed by atoms with Crippen LogP contribution in [0.15, 0.2) is 36.9 Å². The summed E-state index contributed by atoms with van der Waals surface area (Å²) in [6.07, 6.45) is 1.83. The van der Waals surface area contributed by atoms with E-state index in [2.05, 4.69) is 16.9 Å². The average Bonchev–Trinajstić information content (AvgIpc) is 2.87. The molecule has 2 unspecified atom stereocenters. The summed E-state index contributed by atoms with van der Waals surface area (Å²) in [6.45, 7) is 7.42. The zero-order valence-electron chi connectivity index (χ0n) is 13.7. The number of carbonyl (C=O) groups is 2. The first kappa shape index (κ1) is 16.8. The van der Waals surface area contributed by atoms with Gasteiger partial charge in [-0.25, -0.2) is 4.79 Å². The number of fused-ring (bicyclic) bond motifs is 1. The second-order valence-electron chi connectivity index (χ2n) is 5.61. The number of para-hydroxylation sites is 1. The fourth-order valence-electron chi connectivity index (χ4n) is 2.62. The van der Waals surface area contributed by atoms with Gasteiger partial charge < -0.3 is 15.0 Å². The first-order valence-electron chi connectivity index (χ1n) is 7.53. The molecular formula is C18H22N2O3. The molecule has 1 amide bonds. The third-order valence-electron chi connectivity index (χ3n) is 4.03. The van der Waals surface area contributed by atoms with Crippen molar-refractivity contribution in [1.82, 2.24) is 10.3 Å². The number of hydrogen-bond donors (Lipinski definition) is 2. The Bertz CT molecular complexity index is 733. The zero-order valence-corrected chi connectivity index (χ0v) is 13.7. The normalized spacial score (nSPS) is 13.3. The molecule has 1 aromatic carbocycles. The van der Waals surface area contributed by atoms with Crippen molar-refractivity contribution in [2.75, 3.05) is 7.11 Å². The highest BCUT2D eigenvalue weighted by atomic mass is 16.5. The van der Waals surface area contributed by atoms with Crippen LogP contribution in [0.2, 0.25) is 0 Å². The van der Waals surface area contributed by atoms with Crippen LogP contribution in [0.3, 0.4) is 0 Å². The van der Waals surface area contributed by atoms with E-state index in [0.29, 0.717) is 0 Å². The van der Waals surface area contributed by atoms with Crippen molar-refractivity contribution < 1.29 is 14.3 Å². The van der Waals surface area contributed by atoms with Crippen molar-refractivity contribution >= 4 is 22.8 Å². The molecule has 2 atom stereocenters. The van der Waals surface area contributed by atoms with E-state index in [0.717, 1.165) is 22.2 Å². The lowest BCUT2D eigenvalue weighted by Crippen LogP contribution is -2.45. The number of ether oxygens (including phenoxy) is 1. The molecule has 0 bridgehead atoms. The molecule has 5 nitrogen and oxygen atoms in total.